The number of hydrogen-bond donors (Lipinski definition) is 0. The fourth-order valence-corrected chi connectivity index (χ4v) is 4.34. The van der Waals surface area contributed by atoms with Crippen molar-refractivity contribution in [3.05, 3.63) is 118 Å². The molecule has 1 aliphatic rings. The van der Waals surface area contributed by atoms with E-state index in [4.69, 9.17) is 4.52 Å². The summed E-state index contributed by atoms with van der Waals surface area (Å²) < 4.78 is 5.84. The molecule has 4 nitrogen and oxygen atoms in total. The molecule has 0 aliphatic carbocycles. The average molecular weight is 396 g/mol. The predicted octanol–water partition coefficient (Wildman–Crippen LogP) is 5.12. The summed E-state index contributed by atoms with van der Waals surface area (Å²) in [7, 11) is 0. The third kappa shape index (κ3) is 3.66. The van der Waals surface area contributed by atoms with E-state index in [2.05, 4.69) is 88.7 Å². The summed E-state index contributed by atoms with van der Waals surface area (Å²) in [5, 5.41) is 4.59. The van der Waals surface area contributed by atoms with Gasteiger partial charge in [0.15, 0.2) is 0 Å². The average Bonchev–Trinajstić information content (AvgIpc) is 3.20. The Bertz CT molecular complexity index is 1080. The van der Waals surface area contributed by atoms with Crippen LogP contribution in [0.4, 0.5) is 0 Å². The third-order valence-corrected chi connectivity index (χ3v) is 5.97. The van der Waals surface area contributed by atoms with Gasteiger partial charge in [-0.05, 0) is 29.7 Å². The highest BCUT2D eigenvalue weighted by atomic mass is 16.5. The van der Waals surface area contributed by atoms with Crippen LogP contribution in [0.25, 0.3) is 0 Å². The van der Waals surface area contributed by atoms with E-state index >= 15 is 0 Å². The van der Waals surface area contributed by atoms with Crippen LogP contribution in [0.15, 0.2) is 83.5 Å². The molecule has 4 heteroatoms. The van der Waals surface area contributed by atoms with E-state index in [1.54, 1.807) is 0 Å². The summed E-state index contributed by atoms with van der Waals surface area (Å²) in [6, 6.07) is 25.3. The molecule has 150 valence electrons. The molecular formula is C26H25N3O. The molecule has 2 aromatic carbocycles. The second-order valence-electron chi connectivity index (χ2n) is 7.95. The standard InChI is InChI=1S/C26H25N3O/c1-19-9-8-15-27-23(19)18-29-16-14-24-22(17-29)26(28-30-24)25(20-10-4-2-5-11-20)21-12-6-3-7-13-21/h2-13,15,25H,14,16-18H2,1H3. The Kier molecular flexibility index (Phi) is 5.16. The lowest BCUT2D eigenvalue weighted by molar-refractivity contribution is 0.225. The van der Waals surface area contributed by atoms with Gasteiger partial charge in [-0.25, -0.2) is 0 Å². The first kappa shape index (κ1) is 18.8. The van der Waals surface area contributed by atoms with Crippen molar-refractivity contribution in [3.8, 4) is 0 Å². The molecule has 0 amide bonds. The van der Waals surface area contributed by atoms with Crippen molar-refractivity contribution in [2.45, 2.75) is 32.4 Å². The zero-order chi connectivity index (χ0) is 20.3. The Hall–Kier alpha value is -3.24. The molecule has 0 radical (unpaired) electrons. The fourth-order valence-electron chi connectivity index (χ4n) is 4.34. The van der Waals surface area contributed by atoms with E-state index in [9.17, 15) is 0 Å². The minimum absolute atomic E-state index is 0.0661. The second kappa shape index (κ2) is 8.25. The highest BCUT2D eigenvalue weighted by Gasteiger charge is 2.30. The first-order chi connectivity index (χ1) is 14.8. The van der Waals surface area contributed by atoms with Crippen LogP contribution in [-0.4, -0.2) is 21.6 Å². The van der Waals surface area contributed by atoms with Crippen molar-refractivity contribution in [1.82, 2.24) is 15.0 Å². The molecule has 0 N–H and O–H groups in total. The van der Waals surface area contributed by atoms with Crippen LogP contribution >= 0.6 is 0 Å². The van der Waals surface area contributed by atoms with Gasteiger partial charge < -0.3 is 4.52 Å². The molecule has 0 saturated heterocycles. The zero-order valence-corrected chi connectivity index (χ0v) is 17.2. The first-order valence-corrected chi connectivity index (χ1v) is 10.5. The van der Waals surface area contributed by atoms with Crippen molar-refractivity contribution in [3.63, 3.8) is 0 Å². The maximum absolute atomic E-state index is 5.84. The summed E-state index contributed by atoms with van der Waals surface area (Å²) in [4.78, 5) is 7.04. The number of nitrogens with zero attached hydrogens (tertiary/aromatic N) is 3. The Labute approximate surface area is 177 Å². The molecule has 3 heterocycles. The normalized spacial score (nSPS) is 14.1. The van der Waals surface area contributed by atoms with Gasteiger partial charge in [-0.2, -0.15) is 0 Å². The molecule has 0 fully saturated rings. The van der Waals surface area contributed by atoms with Gasteiger partial charge in [0.2, 0.25) is 0 Å². The van der Waals surface area contributed by atoms with E-state index in [1.165, 1.54) is 22.3 Å². The van der Waals surface area contributed by atoms with Gasteiger partial charge in [0, 0.05) is 37.8 Å². The maximum atomic E-state index is 5.84. The number of rotatable bonds is 5. The van der Waals surface area contributed by atoms with Crippen molar-refractivity contribution in [1.29, 1.82) is 0 Å². The quantitative estimate of drug-likeness (QED) is 0.471. The summed E-state index contributed by atoms with van der Waals surface area (Å²) in [6.45, 7) is 4.76. The van der Waals surface area contributed by atoms with Crippen LogP contribution in [0, 0.1) is 6.92 Å². The molecule has 2 aromatic heterocycles. The zero-order valence-electron chi connectivity index (χ0n) is 17.2. The van der Waals surface area contributed by atoms with Crippen LogP contribution in [0.1, 0.15) is 45.3 Å². The minimum atomic E-state index is 0.0661. The van der Waals surface area contributed by atoms with Crippen LogP contribution in [0.3, 0.4) is 0 Å². The van der Waals surface area contributed by atoms with E-state index in [-0.39, 0.29) is 5.92 Å². The SMILES string of the molecule is Cc1cccnc1CN1CCc2onc(C(c3ccccc3)c3ccccc3)c2C1. The van der Waals surface area contributed by atoms with E-state index in [0.29, 0.717) is 0 Å². The van der Waals surface area contributed by atoms with Gasteiger partial charge in [0.1, 0.15) is 11.5 Å². The fraction of sp³-hybridized carbons (Fsp3) is 0.231. The second-order valence-corrected chi connectivity index (χ2v) is 7.95. The van der Waals surface area contributed by atoms with E-state index in [0.717, 1.165) is 43.2 Å². The summed E-state index contributed by atoms with van der Waals surface area (Å²) >= 11 is 0. The van der Waals surface area contributed by atoms with Crippen LogP contribution in [0.5, 0.6) is 0 Å². The number of hydrogen-bond acceptors (Lipinski definition) is 4. The molecule has 30 heavy (non-hydrogen) atoms. The summed E-state index contributed by atoms with van der Waals surface area (Å²) in [5.74, 6) is 1.09. The highest BCUT2D eigenvalue weighted by Crippen LogP contribution is 2.36. The van der Waals surface area contributed by atoms with Crippen molar-refractivity contribution >= 4 is 0 Å². The molecule has 0 bridgehead atoms. The lowest BCUT2D eigenvalue weighted by atomic mass is 9.85. The lowest BCUT2D eigenvalue weighted by Gasteiger charge is -2.27. The lowest BCUT2D eigenvalue weighted by Crippen LogP contribution is -2.30. The molecule has 0 saturated carbocycles. The largest absolute Gasteiger partial charge is 0.361 e. The Morgan fingerprint density at radius 3 is 2.30 bits per heavy atom. The van der Waals surface area contributed by atoms with Gasteiger partial charge in [-0.15, -0.1) is 0 Å². The highest BCUT2D eigenvalue weighted by molar-refractivity contribution is 5.44. The van der Waals surface area contributed by atoms with Crippen LogP contribution in [0.2, 0.25) is 0 Å². The Balaban J connectivity index is 1.50. The number of aryl methyl sites for hydroxylation is 1. The molecule has 1 aliphatic heterocycles. The maximum Gasteiger partial charge on any atom is 0.142 e. The van der Waals surface area contributed by atoms with E-state index < -0.39 is 0 Å². The number of pyridine rings is 1. The van der Waals surface area contributed by atoms with Gasteiger partial charge in [-0.1, -0.05) is 71.9 Å². The van der Waals surface area contributed by atoms with Crippen LogP contribution in [-0.2, 0) is 19.5 Å². The third-order valence-electron chi connectivity index (χ3n) is 5.97. The number of aromatic nitrogens is 2. The topological polar surface area (TPSA) is 42.2 Å². The molecule has 0 atom stereocenters. The number of benzene rings is 2. The van der Waals surface area contributed by atoms with Gasteiger partial charge in [0.25, 0.3) is 0 Å². The van der Waals surface area contributed by atoms with Gasteiger partial charge in [-0.3, -0.25) is 9.88 Å². The Morgan fingerprint density at radius 2 is 1.63 bits per heavy atom. The molecule has 0 spiro atoms. The number of fused-ring (bicyclic) bond motifs is 1. The van der Waals surface area contributed by atoms with Gasteiger partial charge >= 0.3 is 0 Å². The smallest absolute Gasteiger partial charge is 0.142 e. The minimum Gasteiger partial charge on any atom is -0.361 e. The molecule has 0 unspecified atom stereocenters. The molecular weight excluding hydrogens is 370 g/mol. The van der Waals surface area contributed by atoms with E-state index in [1.807, 2.05) is 12.3 Å². The van der Waals surface area contributed by atoms with Crippen molar-refractivity contribution in [2.24, 2.45) is 0 Å². The monoisotopic (exact) mass is 395 g/mol. The summed E-state index contributed by atoms with van der Waals surface area (Å²) in [6.07, 6.45) is 2.76. The van der Waals surface area contributed by atoms with Crippen molar-refractivity contribution in [2.75, 3.05) is 6.54 Å². The van der Waals surface area contributed by atoms with Crippen molar-refractivity contribution < 1.29 is 4.52 Å². The van der Waals surface area contributed by atoms with Crippen LogP contribution < -0.4 is 0 Å². The predicted molar refractivity (Wildman–Crippen MR) is 117 cm³/mol. The summed E-state index contributed by atoms with van der Waals surface area (Å²) in [5.41, 5.74) is 7.11. The van der Waals surface area contributed by atoms with Gasteiger partial charge in [0.05, 0.1) is 11.6 Å². The molecule has 5 rings (SSSR count). The Morgan fingerprint density at radius 1 is 0.933 bits per heavy atom. The molecule has 4 aromatic rings. The first-order valence-electron chi connectivity index (χ1n) is 10.5.